The first-order valence-corrected chi connectivity index (χ1v) is 16.7. The summed E-state index contributed by atoms with van der Waals surface area (Å²) >= 11 is 6.59. The second kappa shape index (κ2) is 11.2. The van der Waals surface area contributed by atoms with Crippen LogP contribution in [0.25, 0.3) is 16.8 Å². The van der Waals surface area contributed by atoms with Crippen molar-refractivity contribution >= 4 is 32.9 Å². The van der Waals surface area contributed by atoms with Gasteiger partial charge in [-0.05, 0) is 61.6 Å². The van der Waals surface area contributed by atoms with Gasteiger partial charge in [-0.3, -0.25) is 4.79 Å². The molecule has 0 amide bonds. The quantitative estimate of drug-likeness (QED) is 0.334. The summed E-state index contributed by atoms with van der Waals surface area (Å²) in [7, 11) is -2.97. The zero-order valence-electron chi connectivity index (χ0n) is 23.3. The van der Waals surface area contributed by atoms with E-state index in [9.17, 15) is 23.7 Å². The Hall–Kier alpha value is -3.66. The standard InChI is InChI=1S/C32H32ClN5O3S/c33-28-17-22(19-34)5-10-29(28)38-20-27(23-6-8-24(9-7-23)37-13-15-42(40,41)16-14-37)31(36-38)26-4-2-1-3-25(26)30(39)18-32(21-35)11-12-32/h5-10,17,20,25-26H,1-4,11-16,18H2/t25-,26-/m1/s1. The molecule has 0 N–H and O–H groups in total. The molecule has 1 aromatic heterocycles. The van der Waals surface area contributed by atoms with Gasteiger partial charge in [0.25, 0.3) is 0 Å². The van der Waals surface area contributed by atoms with Crippen molar-refractivity contribution in [2.75, 3.05) is 29.5 Å². The van der Waals surface area contributed by atoms with Crippen molar-refractivity contribution in [3.63, 3.8) is 0 Å². The predicted octanol–water partition coefficient (Wildman–Crippen LogP) is 5.84. The number of Topliss-reactive ketones (excluding diaryl/α,β-unsaturated/α-hetero) is 1. The number of nitrogens with zero attached hydrogens (tertiary/aromatic N) is 5. The molecular weight excluding hydrogens is 570 g/mol. The van der Waals surface area contributed by atoms with Gasteiger partial charge in [0.05, 0.1) is 51.0 Å². The van der Waals surface area contributed by atoms with Crippen LogP contribution in [0.4, 0.5) is 5.69 Å². The van der Waals surface area contributed by atoms with Crippen LogP contribution in [0.1, 0.15) is 62.1 Å². The van der Waals surface area contributed by atoms with Crippen molar-refractivity contribution in [2.45, 2.75) is 50.9 Å². The molecule has 42 heavy (non-hydrogen) atoms. The van der Waals surface area contributed by atoms with E-state index < -0.39 is 15.3 Å². The van der Waals surface area contributed by atoms with Gasteiger partial charge in [0.2, 0.25) is 0 Å². The van der Waals surface area contributed by atoms with E-state index in [0.717, 1.165) is 61.0 Å². The Kier molecular flexibility index (Phi) is 7.59. The minimum atomic E-state index is -2.97. The van der Waals surface area contributed by atoms with Crippen LogP contribution in [0.15, 0.2) is 48.7 Å². The molecule has 3 aromatic rings. The van der Waals surface area contributed by atoms with E-state index in [1.807, 2.05) is 30.5 Å². The van der Waals surface area contributed by atoms with Gasteiger partial charge >= 0.3 is 0 Å². The van der Waals surface area contributed by atoms with Crippen LogP contribution < -0.4 is 4.90 Å². The lowest BCUT2D eigenvalue weighted by molar-refractivity contribution is -0.125. The van der Waals surface area contributed by atoms with Crippen LogP contribution >= 0.6 is 11.6 Å². The Morgan fingerprint density at radius 2 is 1.76 bits per heavy atom. The molecule has 0 unspecified atom stereocenters. The first-order valence-electron chi connectivity index (χ1n) is 14.5. The van der Waals surface area contributed by atoms with Crippen molar-refractivity contribution in [1.29, 1.82) is 10.5 Å². The van der Waals surface area contributed by atoms with Gasteiger partial charge in [0.1, 0.15) is 5.78 Å². The zero-order valence-corrected chi connectivity index (χ0v) is 24.9. The maximum Gasteiger partial charge on any atom is 0.153 e. The summed E-state index contributed by atoms with van der Waals surface area (Å²) in [6.45, 7) is 0.941. The van der Waals surface area contributed by atoms with Crippen molar-refractivity contribution in [3.05, 3.63) is 64.9 Å². The van der Waals surface area contributed by atoms with E-state index in [0.29, 0.717) is 35.8 Å². The molecule has 3 aliphatic rings. The van der Waals surface area contributed by atoms with Crippen LogP contribution in [-0.4, -0.2) is 48.6 Å². The number of nitriles is 2. The van der Waals surface area contributed by atoms with Crippen LogP contribution in [0.2, 0.25) is 5.02 Å². The number of carbonyl (C=O) groups excluding carboxylic acids is 1. The Labute approximate surface area is 251 Å². The number of hydrogen-bond acceptors (Lipinski definition) is 7. The van der Waals surface area contributed by atoms with Gasteiger partial charge in [0, 0.05) is 48.8 Å². The number of hydrogen-bond donors (Lipinski definition) is 0. The monoisotopic (exact) mass is 601 g/mol. The fraction of sp³-hybridized carbons (Fsp3) is 0.438. The molecule has 10 heteroatoms. The Bertz CT molecular complexity index is 1700. The van der Waals surface area contributed by atoms with E-state index in [2.05, 4.69) is 17.0 Å². The number of ketones is 1. The SMILES string of the molecule is N#Cc1ccc(-n2cc(-c3ccc(N4CCS(=O)(=O)CC4)cc3)c([C@@H]3CCCC[C@H]3C(=O)CC3(C#N)CC3)n2)c(Cl)c1. The molecule has 1 aliphatic heterocycles. The molecule has 0 bridgehead atoms. The Morgan fingerprint density at radius 1 is 1.05 bits per heavy atom. The maximum atomic E-state index is 13.6. The third kappa shape index (κ3) is 5.69. The highest BCUT2D eigenvalue weighted by atomic mass is 35.5. The van der Waals surface area contributed by atoms with Gasteiger partial charge in [0.15, 0.2) is 9.84 Å². The molecule has 2 aliphatic carbocycles. The minimum Gasteiger partial charge on any atom is -0.369 e. The lowest BCUT2D eigenvalue weighted by Gasteiger charge is -2.31. The molecule has 2 atom stereocenters. The highest BCUT2D eigenvalue weighted by Crippen LogP contribution is 2.51. The van der Waals surface area contributed by atoms with E-state index >= 15 is 0 Å². The molecular formula is C32H32ClN5O3S. The molecule has 0 radical (unpaired) electrons. The van der Waals surface area contributed by atoms with E-state index in [1.54, 1.807) is 22.9 Å². The van der Waals surface area contributed by atoms with E-state index in [4.69, 9.17) is 16.7 Å². The van der Waals surface area contributed by atoms with Crippen LogP contribution in [-0.2, 0) is 14.6 Å². The molecule has 8 nitrogen and oxygen atoms in total. The normalized spacial score (nSPS) is 22.6. The summed E-state index contributed by atoms with van der Waals surface area (Å²) in [5.74, 6) is 0.187. The Morgan fingerprint density at radius 3 is 2.40 bits per heavy atom. The van der Waals surface area contributed by atoms with Crippen molar-refractivity contribution < 1.29 is 13.2 Å². The zero-order chi connectivity index (χ0) is 29.5. The highest BCUT2D eigenvalue weighted by molar-refractivity contribution is 7.91. The van der Waals surface area contributed by atoms with Crippen LogP contribution in [0.3, 0.4) is 0 Å². The summed E-state index contributed by atoms with van der Waals surface area (Å²) in [5, 5.41) is 24.4. The molecule has 216 valence electrons. The molecule has 6 rings (SSSR count). The number of sulfone groups is 1. The average Bonchev–Trinajstić information content (AvgIpc) is 3.64. The maximum absolute atomic E-state index is 13.6. The summed E-state index contributed by atoms with van der Waals surface area (Å²) in [6, 6.07) is 17.7. The molecule has 2 saturated carbocycles. The number of halogens is 1. The van der Waals surface area contributed by atoms with Gasteiger partial charge in [-0.2, -0.15) is 15.6 Å². The van der Waals surface area contributed by atoms with Crippen LogP contribution in [0.5, 0.6) is 0 Å². The number of aromatic nitrogens is 2. The largest absolute Gasteiger partial charge is 0.369 e. The van der Waals surface area contributed by atoms with Gasteiger partial charge in [-0.25, -0.2) is 13.1 Å². The number of rotatable bonds is 7. The smallest absolute Gasteiger partial charge is 0.153 e. The molecule has 1 saturated heterocycles. The third-order valence-electron chi connectivity index (χ3n) is 9.09. The first-order chi connectivity index (χ1) is 20.2. The number of benzene rings is 2. The van der Waals surface area contributed by atoms with E-state index in [-0.39, 0.29) is 29.1 Å². The molecule has 0 spiro atoms. The molecule has 3 fully saturated rings. The lowest BCUT2D eigenvalue weighted by Crippen LogP contribution is -2.40. The Balaban J connectivity index is 1.37. The van der Waals surface area contributed by atoms with Crippen molar-refractivity contribution in [3.8, 4) is 29.0 Å². The lowest BCUT2D eigenvalue weighted by atomic mass is 9.72. The van der Waals surface area contributed by atoms with Crippen molar-refractivity contribution in [2.24, 2.45) is 11.3 Å². The first kappa shape index (κ1) is 28.5. The fourth-order valence-corrected chi connectivity index (χ4v) is 7.85. The summed E-state index contributed by atoms with van der Waals surface area (Å²) in [4.78, 5) is 15.7. The summed E-state index contributed by atoms with van der Waals surface area (Å²) in [5.41, 5.74) is 4.29. The van der Waals surface area contributed by atoms with Crippen LogP contribution in [0, 0.1) is 34.0 Å². The highest BCUT2D eigenvalue weighted by Gasteiger charge is 2.47. The topological polar surface area (TPSA) is 120 Å². The fourth-order valence-electron chi connectivity index (χ4n) is 6.38. The summed E-state index contributed by atoms with van der Waals surface area (Å²) < 4.78 is 25.5. The second-order valence-electron chi connectivity index (χ2n) is 11.9. The minimum absolute atomic E-state index is 0.0823. The van der Waals surface area contributed by atoms with Gasteiger partial charge in [-0.1, -0.05) is 36.6 Å². The molecule has 2 aromatic carbocycles. The van der Waals surface area contributed by atoms with Gasteiger partial charge < -0.3 is 4.90 Å². The predicted molar refractivity (Wildman–Crippen MR) is 161 cm³/mol. The number of anilines is 1. The van der Waals surface area contributed by atoms with E-state index in [1.165, 1.54) is 0 Å². The van der Waals surface area contributed by atoms with Gasteiger partial charge in [-0.15, -0.1) is 0 Å². The third-order valence-corrected chi connectivity index (χ3v) is 11.0. The summed E-state index contributed by atoms with van der Waals surface area (Å²) in [6.07, 6.45) is 7.43. The number of carbonyl (C=O) groups is 1. The molecule has 2 heterocycles. The average molecular weight is 602 g/mol. The second-order valence-corrected chi connectivity index (χ2v) is 14.6. The van der Waals surface area contributed by atoms with Crippen molar-refractivity contribution in [1.82, 2.24) is 9.78 Å².